The van der Waals surface area contributed by atoms with Crippen molar-refractivity contribution in [2.75, 3.05) is 24.5 Å². The highest BCUT2D eigenvalue weighted by molar-refractivity contribution is 7.92. The van der Waals surface area contributed by atoms with E-state index in [9.17, 15) is 28.1 Å². The number of anilines is 1. The molecular weight excluding hydrogens is 536 g/mol. The molecule has 3 rings (SSSR count). The summed E-state index contributed by atoms with van der Waals surface area (Å²) in [5.74, 6) is -0.414. The third kappa shape index (κ3) is 7.14. The molecule has 11 nitrogen and oxygen atoms in total. The summed E-state index contributed by atoms with van der Waals surface area (Å²) in [5.41, 5.74) is 0.314. The minimum atomic E-state index is -4.32. The number of carbonyl (C=O) groups is 2. The molecule has 1 atom stereocenters. The maximum Gasteiger partial charge on any atom is 0.271 e. The molecule has 0 bridgehead atoms. The Balaban J connectivity index is 2.08. The third-order valence-corrected chi connectivity index (χ3v) is 7.98. The van der Waals surface area contributed by atoms with Crippen LogP contribution in [0.5, 0.6) is 5.75 Å². The Kier molecular flexibility index (Phi) is 10.2. The lowest BCUT2D eigenvalue weighted by Crippen LogP contribution is -2.52. The van der Waals surface area contributed by atoms with Crippen molar-refractivity contribution in [3.63, 3.8) is 0 Å². The molecular formula is C28H32N4O7S. The monoisotopic (exact) mass is 568 g/mol. The number of nitro groups is 1. The molecule has 0 spiro atoms. The van der Waals surface area contributed by atoms with Gasteiger partial charge in [0.05, 0.1) is 22.6 Å². The smallest absolute Gasteiger partial charge is 0.271 e. The van der Waals surface area contributed by atoms with Crippen LogP contribution < -0.4 is 14.4 Å². The van der Waals surface area contributed by atoms with Crippen LogP contribution in [0.4, 0.5) is 11.4 Å². The Morgan fingerprint density at radius 2 is 1.68 bits per heavy atom. The summed E-state index contributed by atoms with van der Waals surface area (Å²) in [4.78, 5) is 39.0. The number of nitro benzene ring substituents is 1. The van der Waals surface area contributed by atoms with Crippen molar-refractivity contribution in [3.8, 4) is 5.75 Å². The summed E-state index contributed by atoms with van der Waals surface area (Å²) in [6.07, 6.45) is 0.274. The Hall–Kier alpha value is -4.45. The second-order valence-corrected chi connectivity index (χ2v) is 10.7. The number of methoxy groups -OCH3 is 1. The lowest BCUT2D eigenvalue weighted by molar-refractivity contribution is -0.384. The second kappa shape index (κ2) is 13.6. The molecule has 0 heterocycles. The number of amides is 2. The van der Waals surface area contributed by atoms with Gasteiger partial charge in [0.25, 0.3) is 15.7 Å². The number of non-ortho nitro benzene ring substituents is 1. The molecule has 3 aromatic rings. The summed E-state index contributed by atoms with van der Waals surface area (Å²) in [6.45, 7) is 3.20. The average molecular weight is 569 g/mol. The molecule has 0 aliphatic rings. The summed E-state index contributed by atoms with van der Waals surface area (Å²) in [7, 11) is -2.79. The molecule has 0 fully saturated rings. The lowest BCUT2D eigenvalue weighted by Gasteiger charge is -2.33. The Labute approximate surface area is 233 Å². The van der Waals surface area contributed by atoms with Crippen molar-refractivity contribution in [2.24, 2.45) is 0 Å². The largest absolute Gasteiger partial charge is 0.497 e. The molecule has 212 valence electrons. The number of carbonyl (C=O) groups excluding carboxylic acids is 2. The zero-order valence-corrected chi connectivity index (χ0v) is 23.3. The van der Waals surface area contributed by atoms with Crippen LogP contribution >= 0.6 is 0 Å². The molecule has 0 aromatic heterocycles. The van der Waals surface area contributed by atoms with Crippen LogP contribution in [0.1, 0.15) is 25.8 Å². The standard InChI is InChI=1S/C28H32N4O7S/c1-4-26(28(34)29-5-2)30(19-21-14-16-24(39-3)17-15-21)27(33)20-31(22-10-9-11-23(18-22)32(35)36)40(37,38)25-12-7-6-8-13-25/h6-18,26H,4-5,19-20H2,1-3H3,(H,29,34)/t26-/m0/s1. The highest BCUT2D eigenvalue weighted by atomic mass is 32.2. The first kappa shape index (κ1) is 30.1. The fourth-order valence-electron chi connectivity index (χ4n) is 4.15. The van der Waals surface area contributed by atoms with Gasteiger partial charge in [0, 0.05) is 25.2 Å². The van der Waals surface area contributed by atoms with E-state index < -0.39 is 33.4 Å². The topological polar surface area (TPSA) is 139 Å². The van der Waals surface area contributed by atoms with Gasteiger partial charge in [0.2, 0.25) is 11.8 Å². The maximum absolute atomic E-state index is 13.9. The number of sulfonamides is 1. The summed E-state index contributed by atoms with van der Waals surface area (Å²) in [5, 5.41) is 14.2. The van der Waals surface area contributed by atoms with E-state index in [2.05, 4.69) is 5.32 Å². The van der Waals surface area contributed by atoms with E-state index in [1.54, 1.807) is 56.3 Å². The fourth-order valence-corrected chi connectivity index (χ4v) is 5.58. The summed E-state index contributed by atoms with van der Waals surface area (Å²) in [6, 6.07) is 18.6. The molecule has 0 aliphatic carbocycles. The molecule has 40 heavy (non-hydrogen) atoms. The van der Waals surface area contributed by atoms with Gasteiger partial charge < -0.3 is 15.0 Å². The van der Waals surface area contributed by atoms with E-state index in [4.69, 9.17) is 4.74 Å². The van der Waals surface area contributed by atoms with Crippen LogP contribution in [0.15, 0.2) is 83.8 Å². The van der Waals surface area contributed by atoms with Gasteiger partial charge in [-0.3, -0.25) is 24.0 Å². The first-order valence-electron chi connectivity index (χ1n) is 12.6. The highest BCUT2D eigenvalue weighted by Gasteiger charge is 2.34. The molecule has 12 heteroatoms. The van der Waals surface area contributed by atoms with Crippen molar-refractivity contribution in [3.05, 3.63) is 94.5 Å². The normalized spacial score (nSPS) is 11.8. The van der Waals surface area contributed by atoms with E-state index >= 15 is 0 Å². The number of benzene rings is 3. The predicted molar refractivity (Wildman–Crippen MR) is 150 cm³/mol. The van der Waals surface area contributed by atoms with Crippen molar-refractivity contribution in [1.82, 2.24) is 10.2 Å². The Morgan fingerprint density at radius 3 is 2.25 bits per heavy atom. The third-order valence-electron chi connectivity index (χ3n) is 6.19. The number of nitrogens with one attached hydrogen (secondary N) is 1. The molecule has 0 saturated heterocycles. The minimum Gasteiger partial charge on any atom is -0.497 e. The lowest BCUT2D eigenvalue weighted by atomic mass is 10.1. The second-order valence-electron chi connectivity index (χ2n) is 8.79. The van der Waals surface area contributed by atoms with Crippen molar-refractivity contribution >= 4 is 33.2 Å². The van der Waals surface area contributed by atoms with E-state index in [1.807, 2.05) is 0 Å². The molecule has 0 radical (unpaired) electrons. The van der Waals surface area contributed by atoms with Crippen LogP contribution in [0.3, 0.4) is 0 Å². The van der Waals surface area contributed by atoms with Crippen LogP contribution in [0.25, 0.3) is 0 Å². The number of nitrogens with zero attached hydrogens (tertiary/aromatic N) is 3. The number of likely N-dealkylation sites (N-methyl/N-ethyl adjacent to an activating group) is 1. The average Bonchev–Trinajstić information content (AvgIpc) is 2.96. The number of rotatable bonds is 13. The number of hydrogen-bond donors (Lipinski definition) is 1. The zero-order chi connectivity index (χ0) is 29.3. The SMILES string of the molecule is CCNC(=O)[C@H](CC)N(Cc1ccc(OC)cc1)C(=O)CN(c1cccc([N+](=O)[O-])c1)S(=O)(=O)c1ccccc1. The van der Waals surface area contributed by atoms with Crippen LogP contribution in [-0.2, 0) is 26.2 Å². The van der Waals surface area contributed by atoms with Gasteiger partial charge in [-0.15, -0.1) is 0 Å². The van der Waals surface area contributed by atoms with E-state index in [1.165, 1.54) is 42.3 Å². The van der Waals surface area contributed by atoms with Crippen molar-refractivity contribution < 1.29 is 27.7 Å². The van der Waals surface area contributed by atoms with E-state index in [0.29, 0.717) is 17.9 Å². The van der Waals surface area contributed by atoms with Gasteiger partial charge in [0.15, 0.2) is 0 Å². The zero-order valence-electron chi connectivity index (χ0n) is 22.5. The maximum atomic E-state index is 13.9. The Bertz CT molecular complexity index is 1430. The molecule has 0 saturated carbocycles. The van der Waals surface area contributed by atoms with Gasteiger partial charge in [-0.1, -0.05) is 43.3 Å². The van der Waals surface area contributed by atoms with Gasteiger partial charge in [-0.25, -0.2) is 8.42 Å². The summed E-state index contributed by atoms with van der Waals surface area (Å²) >= 11 is 0. The van der Waals surface area contributed by atoms with Crippen LogP contribution in [-0.4, -0.2) is 56.3 Å². The minimum absolute atomic E-state index is 0.0205. The predicted octanol–water partition coefficient (Wildman–Crippen LogP) is 3.74. The van der Waals surface area contributed by atoms with Gasteiger partial charge >= 0.3 is 0 Å². The number of hydrogen-bond acceptors (Lipinski definition) is 7. The first-order chi connectivity index (χ1) is 19.1. The summed E-state index contributed by atoms with van der Waals surface area (Å²) < 4.78 is 33.6. The number of ether oxygens (including phenoxy) is 1. The Morgan fingerprint density at radius 1 is 1.00 bits per heavy atom. The van der Waals surface area contributed by atoms with Crippen molar-refractivity contribution in [2.45, 2.75) is 37.8 Å². The first-order valence-corrected chi connectivity index (χ1v) is 14.1. The highest BCUT2D eigenvalue weighted by Crippen LogP contribution is 2.28. The van der Waals surface area contributed by atoms with E-state index in [-0.39, 0.29) is 35.1 Å². The van der Waals surface area contributed by atoms with Gasteiger partial charge in [0.1, 0.15) is 18.3 Å². The van der Waals surface area contributed by atoms with Gasteiger partial charge in [-0.2, -0.15) is 0 Å². The molecule has 2 amide bonds. The molecule has 0 unspecified atom stereocenters. The van der Waals surface area contributed by atoms with Crippen LogP contribution in [0.2, 0.25) is 0 Å². The molecule has 3 aromatic carbocycles. The molecule has 1 N–H and O–H groups in total. The van der Waals surface area contributed by atoms with E-state index in [0.717, 1.165) is 10.4 Å². The van der Waals surface area contributed by atoms with Crippen LogP contribution in [0, 0.1) is 10.1 Å². The molecule has 0 aliphatic heterocycles. The quantitative estimate of drug-likeness (QED) is 0.245. The van der Waals surface area contributed by atoms with Crippen molar-refractivity contribution in [1.29, 1.82) is 0 Å². The van der Waals surface area contributed by atoms with Gasteiger partial charge in [-0.05, 0) is 49.2 Å². The fraction of sp³-hybridized carbons (Fsp3) is 0.286.